The Kier molecular flexibility index (Phi) is 10.9. The van der Waals surface area contributed by atoms with Crippen LogP contribution in [0.25, 0.3) is 21.6 Å². The Hall–Kier alpha value is -4.94. The number of rotatable bonds is 9. The number of nitrogens with one attached hydrogen (secondary N) is 3. The number of esters is 1. The number of carbonyl (C=O) groups is 4. The van der Waals surface area contributed by atoms with E-state index in [9.17, 15) is 19.2 Å². The number of alkyl carbamates (subject to hydrolysis) is 1. The van der Waals surface area contributed by atoms with Crippen molar-refractivity contribution >= 4 is 52.5 Å². The number of hydrogen-bond donors (Lipinski definition) is 3. The number of benzene rings is 2. The van der Waals surface area contributed by atoms with E-state index in [1.165, 1.54) is 13.2 Å². The maximum absolute atomic E-state index is 14.2. The number of anilines is 1. The van der Waals surface area contributed by atoms with Crippen LogP contribution in [0.15, 0.2) is 53.9 Å². The van der Waals surface area contributed by atoms with Crippen molar-refractivity contribution < 1.29 is 33.4 Å². The van der Waals surface area contributed by atoms with Gasteiger partial charge >= 0.3 is 12.1 Å². The molecular weight excluding hydrogens is 668 g/mol. The zero-order chi connectivity index (χ0) is 35.3. The highest BCUT2D eigenvalue weighted by Crippen LogP contribution is 2.43. The van der Waals surface area contributed by atoms with Gasteiger partial charge in [0.25, 0.3) is 11.8 Å². The minimum Gasteiger partial charge on any atom is -0.493 e. The molecule has 0 radical (unpaired) electrons. The predicted octanol–water partition coefficient (Wildman–Crippen LogP) is 7.27. The summed E-state index contributed by atoms with van der Waals surface area (Å²) in [4.78, 5) is 57.5. The van der Waals surface area contributed by atoms with Gasteiger partial charge in [-0.3, -0.25) is 9.59 Å². The average molecular weight is 705 g/mol. The maximum Gasteiger partial charge on any atom is 0.407 e. The van der Waals surface area contributed by atoms with Gasteiger partial charge < -0.3 is 30.2 Å². The number of carbonyl (C=O) groups excluding carboxylic acids is 4. The van der Waals surface area contributed by atoms with Gasteiger partial charge in [-0.1, -0.05) is 24.6 Å². The molecule has 1 aliphatic heterocycles. The van der Waals surface area contributed by atoms with E-state index in [1.54, 1.807) is 68.5 Å². The molecular formula is C36H37ClN4O7S. The molecule has 0 aliphatic carbocycles. The third kappa shape index (κ3) is 8.38. The van der Waals surface area contributed by atoms with Crippen molar-refractivity contribution in [2.45, 2.75) is 52.7 Å². The van der Waals surface area contributed by atoms with Crippen molar-refractivity contribution in [1.29, 1.82) is 0 Å². The van der Waals surface area contributed by atoms with Gasteiger partial charge in [-0.2, -0.15) is 0 Å². The Morgan fingerprint density at radius 1 is 0.980 bits per heavy atom. The second-order valence-electron chi connectivity index (χ2n) is 12.2. The molecule has 0 saturated heterocycles. The van der Waals surface area contributed by atoms with Crippen LogP contribution < -0.4 is 20.7 Å². The molecule has 5 rings (SSSR count). The minimum absolute atomic E-state index is 0.0332. The molecule has 2 aromatic heterocycles. The summed E-state index contributed by atoms with van der Waals surface area (Å²) in [7, 11) is 1.22. The van der Waals surface area contributed by atoms with Crippen molar-refractivity contribution in [3.63, 3.8) is 0 Å². The number of hydrogen-bond acceptors (Lipinski definition) is 9. The number of halogens is 1. The second-order valence-corrected chi connectivity index (χ2v) is 13.6. The van der Waals surface area contributed by atoms with Crippen molar-refractivity contribution in [1.82, 2.24) is 15.6 Å². The summed E-state index contributed by atoms with van der Waals surface area (Å²) < 4.78 is 16.5. The number of pyridine rings is 1. The summed E-state index contributed by atoms with van der Waals surface area (Å²) >= 11 is 8.15. The summed E-state index contributed by atoms with van der Waals surface area (Å²) in [6.45, 7) is 8.28. The monoisotopic (exact) mass is 704 g/mol. The number of aromatic nitrogens is 1. The van der Waals surface area contributed by atoms with Crippen molar-refractivity contribution in [3.8, 4) is 27.3 Å². The highest BCUT2D eigenvalue weighted by Gasteiger charge is 2.27. The molecule has 3 amide bonds. The lowest BCUT2D eigenvalue weighted by atomic mass is 9.93. The summed E-state index contributed by atoms with van der Waals surface area (Å²) in [5, 5.41) is 10.6. The van der Waals surface area contributed by atoms with E-state index in [0.717, 1.165) is 22.4 Å². The van der Waals surface area contributed by atoms with E-state index in [1.807, 2.05) is 18.4 Å². The molecule has 0 bridgehead atoms. The van der Waals surface area contributed by atoms with Gasteiger partial charge in [0.1, 0.15) is 17.0 Å². The minimum atomic E-state index is -0.776. The molecule has 3 heterocycles. The van der Waals surface area contributed by atoms with E-state index < -0.39 is 29.5 Å². The molecule has 256 valence electrons. The molecule has 2 aromatic carbocycles. The fourth-order valence-corrected chi connectivity index (χ4v) is 6.39. The van der Waals surface area contributed by atoms with Crippen molar-refractivity contribution in [2.75, 3.05) is 25.6 Å². The van der Waals surface area contributed by atoms with Crippen molar-refractivity contribution in [3.05, 3.63) is 87.0 Å². The number of fused-ring (bicyclic) bond motifs is 3. The van der Waals surface area contributed by atoms with Gasteiger partial charge in [0.2, 0.25) is 0 Å². The molecule has 3 N–H and O–H groups in total. The lowest BCUT2D eigenvalue weighted by Crippen LogP contribution is -2.32. The van der Waals surface area contributed by atoms with Gasteiger partial charge in [-0.25, -0.2) is 14.6 Å². The molecule has 0 spiro atoms. The number of ether oxygens (including phenoxy) is 3. The zero-order valence-corrected chi connectivity index (χ0v) is 29.4. The lowest BCUT2D eigenvalue weighted by molar-refractivity contribution is 0.0522. The average Bonchev–Trinajstić information content (AvgIpc) is 3.47. The van der Waals surface area contributed by atoms with Crippen LogP contribution in [-0.2, 0) is 22.4 Å². The Labute approximate surface area is 293 Å². The summed E-state index contributed by atoms with van der Waals surface area (Å²) in [5.41, 5.74) is 2.95. The van der Waals surface area contributed by atoms with Crippen LogP contribution in [0.3, 0.4) is 0 Å². The van der Waals surface area contributed by atoms with Crippen LogP contribution in [0.5, 0.6) is 5.75 Å². The van der Waals surface area contributed by atoms with E-state index in [4.69, 9.17) is 25.8 Å². The molecule has 1 aliphatic rings. The molecule has 13 heteroatoms. The van der Waals surface area contributed by atoms with E-state index in [0.29, 0.717) is 42.1 Å². The number of nitrogens with zero attached hydrogens (tertiary/aromatic N) is 1. The SMILES string of the molecule is CCCNC(=O)c1ccc(-c2cc3c(cc2C(=O)Nc2ccc(CNC(=O)OC(C)(C)C)cc2Cl)-c2sccc2CCO3)c(C(=O)OC)n1. The molecule has 11 nitrogen and oxygen atoms in total. The van der Waals surface area contributed by atoms with Gasteiger partial charge in [-0.15, -0.1) is 11.3 Å². The van der Waals surface area contributed by atoms with E-state index in [-0.39, 0.29) is 34.1 Å². The lowest BCUT2D eigenvalue weighted by Gasteiger charge is -2.20. The first-order chi connectivity index (χ1) is 23.4. The molecule has 49 heavy (non-hydrogen) atoms. The van der Waals surface area contributed by atoms with Crippen LogP contribution in [0.1, 0.15) is 76.6 Å². The van der Waals surface area contributed by atoms with Crippen molar-refractivity contribution in [2.24, 2.45) is 0 Å². The highest BCUT2D eigenvalue weighted by atomic mass is 35.5. The largest absolute Gasteiger partial charge is 0.493 e. The molecule has 0 saturated carbocycles. The van der Waals surface area contributed by atoms with Gasteiger partial charge in [0.15, 0.2) is 5.69 Å². The van der Waals surface area contributed by atoms with E-state index >= 15 is 0 Å². The van der Waals surface area contributed by atoms with Gasteiger partial charge in [0, 0.05) is 46.6 Å². The van der Waals surface area contributed by atoms with Crippen LogP contribution in [-0.4, -0.2) is 54.7 Å². The van der Waals surface area contributed by atoms with Gasteiger partial charge in [-0.05, 0) is 86.2 Å². The Balaban J connectivity index is 1.54. The van der Waals surface area contributed by atoms with Crippen LogP contribution in [0.2, 0.25) is 5.02 Å². The number of thiophene rings is 1. The Bertz CT molecular complexity index is 1920. The van der Waals surface area contributed by atoms with Crippen LogP contribution >= 0.6 is 22.9 Å². The smallest absolute Gasteiger partial charge is 0.407 e. The Morgan fingerprint density at radius 2 is 1.78 bits per heavy atom. The normalized spacial score (nSPS) is 12.0. The van der Waals surface area contributed by atoms with Crippen LogP contribution in [0.4, 0.5) is 10.5 Å². The number of amides is 3. The summed E-state index contributed by atoms with van der Waals surface area (Å²) in [5.74, 6) is -1.19. The number of methoxy groups -OCH3 is 1. The molecule has 0 unspecified atom stereocenters. The highest BCUT2D eigenvalue weighted by molar-refractivity contribution is 7.13. The summed E-state index contributed by atoms with van der Waals surface area (Å²) in [6.07, 6.45) is 0.847. The van der Waals surface area contributed by atoms with Crippen LogP contribution in [0, 0.1) is 0 Å². The molecule has 0 atom stereocenters. The third-order valence-electron chi connectivity index (χ3n) is 7.43. The topological polar surface area (TPSA) is 145 Å². The Morgan fingerprint density at radius 3 is 2.49 bits per heavy atom. The fraction of sp³-hybridized carbons (Fsp3) is 0.306. The fourth-order valence-electron chi connectivity index (χ4n) is 5.16. The maximum atomic E-state index is 14.2. The second kappa shape index (κ2) is 15.1. The first-order valence-corrected chi connectivity index (χ1v) is 17.0. The van der Waals surface area contributed by atoms with E-state index in [2.05, 4.69) is 20.9 Å². The molecule has 4 aromatic rings. The first-order valence-electron chi connectivity index (χ1n) is 15.7. The van der Waals surface area contributed by atoms with Gasteiger partial charge in [0.05, 0.1) is 24.4 Å². The molecule has 0 fully saturated rings. The quantitative estimate of drug-likeness (QED) is 0.154. The summed E-state index contributed by atoms with van der Waals surface area (Å²) in [6, 6.07) is 13.6. The zero-order valence-electron chi connectivity index (χ0n) is 27.8. The predicted molar refractivity (Wildman–Crippen MR) is 189 cm³/mol. The first kappa shape index (κ1) is 35.4. The third-order valence-corrected chi connectivity index (χ3v) is 8.74. The standard InChI is InChI=1S/C36H37ClN4O7S/c1-6-13-38-33(43)28-10-8-22(30(40-28)34(44)46-5)23-18-29-25(31-21(11-14-47-29)12-15-49-31)17-24(23)32(42)41-27-9-7-20(16-26(27)37)19-39-35(45)48-36(2,3)4/h7-10,12,15-18H,6,11,13-14,19H2,1-5H3,(H,38,43)(H,39,45)(H,41,42).